The molecule has 1 heterocycles. The first-order chi connectivity index (χ1) is 13.2. The summed E-state index contributed by atoms with van der Waals surface area (Å²) in [5, 5.41) is 0. The topological polar surface area (TPSA) is 34.4 Å². The number of carbonyl (C=O) groups is 1. The van der Waals surface area contributed by atoms with E-state index >= 15 is 0 Å². The zero-order valence-electron chi connectivity index (χ0n) is 16.1. The van der Waals surface area contributed by atoms with E-state index in [1.165, 1.54) is 0 Å². The van der Waals surface area contributed by atoms with Crippen LogP contribution in [-0.2, 0) is 0 Å². The number of hydrogen-bond donors (Lipinski definition) is 0. The van der Waals surface area contributed by atoms with Crippen LogP contribution in [0.15, 0.2) is 77.9 Å². The number of benzene rings is 2. The van der Waals surface area contributed by atoms with E-state index in [0.717, 1.165) is 53.5 Å². The van der Waals surface area contributed by atoms with Crippen molar-refractivity contribution < 1.29 is 4.79 Å². The smallest absolute Gasteiger partial charge is 0.229 e. The SMILES string of the molecule is CCCCC/N=c1/ccc(-c2ccccc2-c2ccccc2)cn1C(C)=O. The molecule has 2 aromatic carbocycles. The first-order valence-electron chi connectivity index (χ1n) is 9.59. The average molecular weight is 358 g/mol. The standard InChI is InChI=1S/C24H26N2O/c1-3-4-10-17-25-24-16-15-21(18-26(24)19(2)27)23-14-9-8-13-22(23)20-11-6-5-7-12-20/h5-9,11-16,18H,3-4,10,17H2,1-2H3/b25-24-. The second-order valence-electron chi connectivity index (χ2n) is 6.67. The number of rotatable bonds is 6. The molecule has 0 atom stereocenters. The van der Waals surface area contributed by atoms with Crippen molar-refractivity contribution in [3.05, 3.63) is 78.4 Å². The van der Waals surface area contributed by atoms with Gasteiger partial charge in [-0.1, -0.05) is 74.4 Å². The van der Waals surface area contributed by atoms with Crippen molar-refractivity contribution in [2.24, 2.45) is 4.99 Å². The van der Waals surface area contributed by atoms with E-state index in [0.29, 0.717) is 0 Å². The fourth-order valence-electron chi connectivity index (χ4n) is 3.19. The van der Waals surface area contributed by atoms with Crippen LogP contribution in [0.5, 0.6) is 0 Å². The van der Waals surface area contributed by atoms with E-state index < -0.39 is 0 Å². The third kappa shape index (κ3) is 4.62. The van der Waals surface area contributed by atoms with E-state index in [4.69, 9.17) is 0 Å². The molecule has 0 amide bonds. The van der Waals surface area contributed by atoms with Gasteiger partial charge < -0.3 is 0 Å². The summed E-state index contributed by atoms with van der Waals surface area (Å²) < 4.78 is 1.66. The van der Waals surface area contributed by atoms with Gasteiger partial charge in [-0.25, -0.2) is 0 Å². The molecular formula is C24H26N2O. The van der Waals surface area contributed by atoms with Gasteiger partial charge in [0.05, 0.1) is 0 Å². The monoisotopic (exact) mass is 358 g/mol. The summed E-state index contributed by atoms with van der Waals surface area (Å²) in [6.45, 7) is 4.51. The van der Waals surface area contributed by atoms with Crippen LogP contribution in [0.3, 0.4) is 0 Å². The van der Waals surface area contributed by atoms with E-state index in [1.807, 2.05) is 42.6 Å². The molecule has 1 aromatic heterocycles. The number of unbranched alkanes of at least 4 members (excludes halogenated alkanes) is 2. The Kier molecular flexibility index (Phi) is 6.37. The maximum Gasteiger partial charge on any atom is 0.229 e. The predicted molar refractivity (Wildman–Crippen MR) is 112 cm³/mol. The van der Waals surface area contributed by atoms with Crippen LogP contribution >= 0.6 is 0 Å². The summed E-state index contributed by atoms with van der Waals surface area (Å²) in [5.41, 5.74) is 5.16. The Morgan fingerprint density at radius 2 is 1.52 bits per heavy atom. The Hall–Kier alpha value is -2.94. The summed E-state index contributed by atoms with van der Waals surface area (Å²) >= 11 is 0. The van der Waals surface area contributed by atoms with Gasteiger partial charge in [-0.2, -0.15) is 0 Å². The van der Waals surface area contributed by atoms with Crippen LogP contribution < -0.4 is 5.49 Å². The third-order valence-electron chi connectivity index (χ3n) is 4.62. The zero-order chi connectivity index (χ0) is 19.1. The van der Waals surface area contributed by atoms with Crippen molar-refractivity contribution in [1.82, 2.24) is 4.57 Å². The Morgan fingerprint density at radius 1 is 0.852 bits per heavy atom. The molecule has 0 bridgehead atoms. The maximum atomic E-state index is 12.2. The number of pyridine rings is 1. The number of carbonyl (C=O) groups excluding carboxylic acids is 1. The van der Waals surface area contributed by atoms with Crippen LogP contribution in [0.25, 0.3) is 22.3 Å². The normalized spacial score (nSPS) is 11.6. The minimum absolute atomic E-state index is 0.0247. The van der Waals surface area contributed by atoms with Crippen LogP contribution in [0.4, 0.5) is 0 Å². The molecule has 0 N–H and O–H groups in total. The fourth-order valence-corrected chi connectivity index (χ4v) is 3.19. The minimum atomic E-state index is -0.0247. The van der Waals surface area contributed by atoms with Gasteiger partial charge in [0.2, 0.25) is 5.91 Å². The Balaban J connectivity index is 2.04. The van der Waals surface area contributed by atoms with Crippen LogP contribution in [0.1, 0.15) is 37.9 Å². The van der Waals surface area contributed by atoms with Crippen molar-refractivity contribution in [2.45, 2.75) is 33.1 Å². The minimum Gasteiger partial charge on any atom is -0.274 e. The summed E-state index contributed by atoms with van der Waals surface area (Å²) in [4.78, 5) is 16.8. The highest BCUT2D eigenvalue weighted by molar-refractivity contribution is 5.84. The summed E-state index contributed by atoms with van der Waals surface area (Å²) in [7, 11) is 0. The fraction of sp³-hybridized carbons (Fsp3) is 0.250. The molecule has 0 spiro atoms. The van der Waals surface area contributed by atoms with Gasteiger partial charge in [-0.3, -0.25) is 14.4 Å². The van der Waals surface area contributed by atoms with Crippen molar-refractivity contribution in [3.63, 3.8) is 0 Å². The lowest BCUT2D eigenvalue weighted by molar-refractivity contribution is 0.0931. The van der Waals surface area contributed by atoms with E-state index in [2.05, 4.69) is 42.2 Å². The Labute approximate surface area is 161 Å². The molecule has 138 valence electrons. The summed E-state index contributed by atoms with van der Waals surface area (Å²) in [6.07, 6.45) is 5.28. The van der Waals surface area contributed by atoms with Gasteiger partial charge in [0.25, 0.3) is 0 Å². The van der Waals surface area contributed by atoms with Crippen molar-refractivity contribution >= 4 is 5.91 Å². The van der Waals surface area contributed by atoms with Crippen molar-refractivity contribution in [1.29, 1.82) is 0 Å². The maximum absolute atomic E-state index is 12.2. The molecule has 0 aliphatic carbocycles. The van der Waals surface area contributed by atoms with E-state index in [-0.39, 0.29) is 5.91 Å². The van der Waals surface area contributed by atoms with Gasteiger partial charge in [0, 0.05) is 19.7 Å². The first-order valence-corrected chi connectivity index (χ1v) is 9.59. The van der Waals surface area contributed by atoms with Crippen LogP contribution in [-0.4, -0.2) is 17.0 Å². The first kappa shape index (κ1) is 18.8. The Bertz CT molecular complexity index is 971. The highest BCUT2D eigenvalue weighted by Gasteiger charge is 2.09. The molecule has 3 nitrogen and oxygen atoms in total. The van der Waals surface area contributed by atoms with Crippen molar-refractivity contribution in [2.75, 3.05) is 6.54 Å². The van der Waals surface area contributed by atoms with E-state index in [1.54, 1.807) is 11.5 Å². The molecule has 0 fully saturated rings. The van der Waals surface area contributed by atoms with Crippen LogP contribution in [0.2, 0.25) is 0 Å². The largest absolute Gasteiger partial charge is 0.274 e. The lowest BCUT2D eigenvalue weighted by atomic mass is 9.95. The average Bonchev–Trinajstić information content (AvgIpc) is 2.72. The quantitative estimate of drug-likeness (QED) is 0.530. The van der Waals surface area contributed by atoms with Gasteiger partial charge in [0.15, 0.2) is 0 Å². The van der Waals surface area contributed by atoms with Crippen molar-refractivity contribution in [3.8, 4) is 22.3 Å². The van der Waals surface area contributed by atoms with Crippen LogP contribution in [0, 0.1) is 0 Å². The predicted octanol–water partition coefficient (Wildman–Crippen LogP) is 5.57. The molecule has 0 aliphatic heterocycles. The number of hydrogen-bond acceptors (Lipinski definition) is 2. The molecule has 27 heavy (non-hydrogen) atoms. The van der Waals surface area contributed by atoms with Gasteiger partial charge in [0.1, 0.15) is 5.49 Å². The highest BCUT2D eigenvalue weighted by Crippen LogP contribution is 2.31. The highest BCUT2D eigenvalue weighted by atomic mass is 16.1. The molecule has 3 rings (SSSR count). The van der Waals surface area contributed by atoms with E-state index in [9.17, 15) is 4.79 Å². The lowest BCUT2D eigenvalue weighted by Gasteiger charge is -2.12. The van der Waals surface area contributed by atoms with Gasteiger partial charge in [-0.15, -0.1) is 0 Å². The molecule has 3 heteroatoms. The molecule has 0 saturated carbocycles. The summed E-state index contributed by atoms with van der Waals surface area (Å²) in [5.74, 6) is -0.0247. The second-order valence-corrected chi connectivity index (χ2v) is 6.67. The third-order valence-corrected chi connectivity index (χ3v) is 4.62. The molecular weight excluding hydrogens is 332 g/mol. The van der Waals surface area contributed by atoms with Gasteiger partial charge in [-0.05, 0) is 40.8 Å². The molecule has 0 unspecified atom stereocenters. The summed E-state index contributed by atoms with van der Waals surface area (Å²) in [6, 6.07) is 22.6. The molecule has 3 aromatic rings. The second kappa shape index (κ2) is 9.13. The zero-order valence-corrected chi connectivity index (χ0v) is 16.1. The molecule has 0 aliphatic rings. The number of aromatic nitrogens is 1. The lowest BCUT2D eigenvalue weighted by Crippen LogP contribution is -2.25. The van der Waals surface area contributed by atoms with Gasteiger partial charge >= 0.3 is 0 Å². The molecule has 0 radical (unpaired) electrons. The Morgan fingerprint density at radius 3 is 2.19 bits per heavy atom. The molecule has 0 saturated heterocycles. The number of nitrogens with zero attached hydrogens (tertiary/aromatic N) is 2.